The number of methoxy groups -OCH3 is 2. The first-order valence-electron chi connectivity index (χ1n) is 14.3. The third-order valence-electron chi connectivity index (χ3n) is 8.23. The van der Waals surface area contributed by atoms with Crippen LogP contribution in [0.25, 0.3) is 0 Å². The van der Waals surface area contributed by atoms with Crippen molar-refractivity contribution in [2.24, 2.45) is 11.8 Å². The quantitative estimate of drug-likeness (QED) is 0.304. The summed E-state index contributed by atoms with van der Waals surface area (Å²) < 4.78 is 25.8. The van der Waals surface area contributed by atoms with E-state index in [-0.39, 0.29) is 30.7 Å². The molecule has 9 heteroatoms. The number of carbonyl (C=O) groups is 3. The van der Waals surface area contributed by atoms with Crippen LogP contribution in [0.1, 0.15) is 37.8 Å². The van der Waals surface area contributed by atoms with Gasteiger partial charge in [-0.2, -0.15) is 0 Å². The Kier molecular flexibility index (Phi) is 10.2. The molecule has 3 atom stereocenters. The average Bonchev–Trinajstić information content (AvgIpc) is 3.03. The first-order chi connectivity index (χ1) is 20.5. The van der Waals surface area contributed by atoms with Crippen LogP contribution in [0.4, 0.5) is 9.18 Å². The molecule has 1 fully saturated rings. The lowest BCUT2D eigenvalue weighted by Crippen LogP contribution is -2.55. The molecule has 0 bridgehead atoms. The second-order valence-electron chi connectivity index (χ2n) is 11.3. The Balaban J connectivity index is 1.86. The van der Waals surface area contributed by atoms with Crippen LogP contribution in [0.2, 0.25) is 0 Å². The molecule has 2 amide bonds. The maximum absolute atomic E-state index is 15.0. The van der Waals surface area contributed by atoms with Gasteiger partial charge in [-0.05, 0) is 62.5 Å². The van der Waals surface area contributed by atoms with Crippen molar-refractivity contribution in [3.05, 3.63) is 94.8 Å². The van der Waals surface area contributed by atoms with Gasteiger partial charge in [0, 0.05) is 62.1 Å². The monoisotopic (exact) mass is 589 g/mol. The Bertz CT molecular complexity index is 1410. The maximum atomic E-state index is 15.0. The van der Waals surface area contributed by atoms with Gasteiger partial charge in [-0.25, -0.2) is 9.18 Å². The van der Waals surface area contributed by atoms with Gasteiger partial charge in [0.2, 0.25) is 0 Å². The molecule has 1 aliphatic rings. The fraction of sp³-hybridized carbons (Fsp3) is 0.382. The third kappa shape index (κ3) is 7.05. The molecule has 1 aliphatic heterocycles. The van der Waals surface area contributed by atoms with Gasteiger partial charge in [-0.15, -0.1) is 0 Å². The molecule has 3 aromatic carbocycles. The Morgan fingerprint density at radius 1 is 0.814 bits per heavy atom. The van der Waals surface area contributed by atoms with Gasteiger partial charge in [0.05, 0.1) is 14.2 Å². The molecule has 3 aromatic rings. The number of rotatable bonds is 10. The van der Waals surface area contributed by atoms with Gasteiger partial charge in [0.1, 0.15) is 17.3 Å². The van der Waals surface area contributed by atoms with E-state index in [1.54, 1.807) is 84.4 Å². The van der Waals surface area contributed by atoms with Crippen molar-refractivity contribution in [3.63, 3.8) is 0 Å². The number of amides is 2. The molecule has 1 unspecified atom stereocenters. The highest BCUT2D eigenvalue weighted by atomic mass is 19.1. The largest absolute Gasteiger partial charge is 0.497 e. The van der Waals surface area contributed by atoms with Crippen LogP contribution in [-0.2, 0) is 0 Å². The van der Waals surface area contributed by atoms with E-state index in [0.29, 0.717) is 46.8 Å². The third-order valence-corrected chi connectivity index (χ3v) is 8.23. The summed E-state index contributed by atoms with van der Waals surface area (Å²) in [6.45, 7) is 2.93. The van der Waals surface area contributed by atoms with E-state index >= 15 is 4.39 Å². The zero-order valence-corrected chi connectivity index (χ0v) is 25.7. The summed E-state index contributed by atoms with van der Waals surface area (Å²) >= 11 is 0. The lowest BCUT2D eigenvalue weighted by atomic mass is 9.68. The molecule has 0 radical (unpaired) electrons. The van der Waals surface area contributed by atoms with Gasteiger partial charge < -0.3 is 24.2 Å². The van der Waals surface area contributed by atoms with Crippen LogP contribution < -0.4 is 9.47 Å². The lowest BCUT2D eigenvalue weighted by molar-refractivity contribution is 0.0598. The highest BCUT2D eigenvalue weighted by Crippen LogP contribution is 2.43. The van der Waals surface area contributed by atoms with Gasteiger partial charge in [-0.1, -0.05) is 36.4 Å². The van der Waals surface area contributed by atoms with E-state index < -0.39 is 23.6 Å². The highest BCUT2D eigenvalue weighted by Gasteiger charge is 2.47. The number of nitrogens with zero attached hydrogens (tertiary/aromatic N) is 3. The summed E-state index contributed by atoms with van der Waals surface area (Å²) in [5.41, 5.74) is 1.75. The number of hydrogen-bond donors (Lipinski definition) is 0. The normalized spacial score (nSPS) is 18.3. The Hall–Kier alpha value is -4.24. The van der Waals surface area contributed by atoms with Crippen molar-refractivity contribution >= 4 is 17.6 Å². The molecular formula is C34H40FN3O5. The number of hydrogen-bond acceptors (Lipinski definition) is 6. The number of likely N-dealkylation sites (N-methyl/N-ethyl adjacent to an activating group) is 2. The average molecular weight is 590 g/mol. The maximum Gasteiger partial charge on any atom is 0.319 e. The zero-order chi connectivity index (χ0) is 31.3. The Morgan fingerprint density at radius 2 is 1.33 bits per heavy atom. The lowest BCUT2D eigenvalue weighted by Gasteiger charge is -2.44. The molecule has 4 rings (SSSR count). The Labute approximate surface area is 253 Å². The second kappa shape index (κ2) is 13.8. The number of likely N-dealkylation sites (tertiary alicyclic amines) is 1. The van der Waals surface area contributed by atoms with Gasteiger partial charge in [0.15, 0.2) is 11.6 Å². The fourth-order valence-corrected chi connectivity index (χ4v) is 5.79. The van der Waals surface area contributed by atoms with E-state index in [2.05, 4.69) is 0 Å². The minimum absolute atomic E-state index is 0.0731. The summed E-state index contributed by atoms with van der Waals surface area (Å²) in [6, 6.07) is 18.1. The van der Waals surface area contributed by atoms with Crippen LogP contribution in [0.5, 0.6) is 11.5 Å². The van der Waals surface area contributed by atoms with Crippen LogP contribution in [-0.4, -0.2) is 93.8 Å². The van der Waals surface area contributed by atoms with E-state index in [1.165, 1.54) is 20.3 Å². The molecule has 0 saturated carbocycles. The first-order valence-corrected chi connectivity index (χ1v) is 14.3. The van der Waals surface area contributed by atoms with Crippen molar-refractivity contribution in [1.82, 2.24) is 14.7 Å². The van der Waals surface area contributed by atoms with E-state index in [4.69, 9.17) is 9.47 Å². The smallest absolute Gasteiger partial charge is 0.319 e. The molecule has 1 heterocycles. The number of halogens is 1. The molecular weight excluding hydrogens is 549 g/mol. The number of ketones is 2. The number of carbonyl (C=O) groups excluding carboxylic acids is 3. The summed E-state index contributed by atoms with van der Waals surface area (Å²) in [5, 5.41) is 0. The van der Waals surface area contributed by atoms with Gasteiger partial charge in [-0.3, -0.25) is 9.59 Å². The summed E-state index contributed by atoms with van der Waals surface area (Å²) in [6.07, 6.45) is 0. The van der Waals surface area contributed by atoms with Gasteiger partial charge in [0.25, 0.3) is 0 Å². The molecule has 1 saturated heterocycles. The minimum Gasteiger partial charge on any atom is -0.497 e. The topological polar surface area (TPSA) is 79.4 Å². The minimum atomic E-state index is -0.827. The molecule has 228 valence electrons. The standard InChI is InChI=1S/C34H40FN3O5/c1-22-27(14-9-15-30(22)35)31-28(32(39)23-10-7-12-25(18-23)42-5)20-38(34(41)37(4)17-16-36(2)3)21-29(31)33(40)24-11-8-13-26(19-24)43-6/h7-15,18-19,28-29,31H,16-17,20-21H2,1-6H3/t28-,29+,31?. The molecule has 43 heavy (non-hydrogen) atoms. The zero-order valence-electron chi connectivity index (χ0n) is 25.7. The van der Waals surface area contributed by atoms with E-state index in [0.717, 1.165) is 0 Å². The van der Waals surface area contributed by atoms with Crippen molar-refractivity contribution in [1.29, 1.82) is 0 Å². The van der Waals surface area contributed by atoms with Crippen LogP contribution in [0, 0.1) is 24.6 Å². The molecule has 0 aliphatic carbocycles. The summed E-state index contributed by atoms with van der Waals surface area (Å²) in [5.74, 6) is -2.22. The molecule has 0 N–H and O–H groups in total. The van der Waals surface area contributed by atoms with Gasteiger partial charge >= 0.3 is 6.03 Å². The van der Waals surface area contributed by atoms with E-state index in [9.17, 15) is 14.4 Å². The SMILES string of the molecule is COc1cccc(C(=O)[C@H]2CN(C(=O)N(C)CCN(C)C)C[C@@H](C(=O)c3cccc(OC)c3)C2c2cccc(F)c2C)c1. The predicted molar refractivity (Wildman–Crippen MR) is 164 cm³/mol. The molecule has 0 aromatic heterocycles. The number of Topliss-reactive ketones (excluding diaryl/α,β-unsaturated/α-hetero) is 2. The highest BCUT2D eigenvalue weighted by molar-refractivity contribution is 6.03. The summed E-state index contributed by atoms with van der Waals surface area (Å²) in [4.78, 5) is 47.7. The van der Waals surface area contributed by atoms with Crippen LogP contribution >= 0.6 is 0 Å². The first kappa shape index (κ1) is 31.7. The van der Waals surface area contributed by atoms with Crippen molar-refractivity contribution in [2.45, 2.75) is 12.8 Å². The predicted octanol–water partition coefficient (Wildman–Crippen LogP) is 5.16. The Morgan fingerprint density at radius 3 is 1.81 bits per heavy atom. The van der Waals surface area contributed by atoms with Crippen LogP contribution in [0.3, 0.4) is 0 Å². The molecule has 0 spiro atoms. The van der Waals surface area contributed by atoms with Crippen LogP contribution in [0.15, 0.2) is 66.7 Å². The van der Waals surface area contributed by atoms with Crippen molar-refractivity contribution in [3.8, 4) is 11.5 Å². The fourth-order valence-electron chi connectivity index (χ4n) is 5.79. The van der Waals surface area contributed by atoms with Crippen molar-refractivity contribution in [2.75, 3.05) is 61.5 Å². The summed E-state index contributed by atoms with van der Waals surface area (Å²) in [7, 11) is 8.62. The number of ether oxygens (including phenoxy) is 2. The van der Waals surface area contributed by atoms with E-state index in [1.807, 2.05) is 19.0 Å². The number of benzene rings is 3. The number of piperidine rings is 1. The second-order valence-corrected chi connectivity index (χ2v) is 11.3. The molecule has 8 nitrogen and oxygen atoms in total. The van der Waals surface area contributed by atoms with Crippen molar-refractivity contribution < 1.29 is 28.2 Å². The number of urea groups is 1.